The smallest absolute Gasteiger partial charge is 0.160 e. The number of aromatic nitrogens is 3. The van der Waals surface area contributed by atoms with E-state index in [1.165, 1.54) is 23.3 Å². The molecule has 0 saturated heterocycles. The Bertz CT molecular complexity index is 1080. The monoisotopic (exact) mass is 365 g/mol. The molecule has 136 valence electrons. The van der Waals surface area contributed by atoms with Gasteiger partial charge in [0.05, 0.1) is 0 Å². The summed E-state index contributed by atoms with van der Waals surface area (Å²) in [7, 11) is 0. The second kappa shape index (κ2) is 7.41. The van der Waals surface area contributed by atoms with Crippen molar-refractivity contribution in [3.63, 3.8) is 0 Å². The highest BCUT2D eigenvalue weighted by molar-refractivity contribution is 5.83. The van der Waals surface area contributed by atoms with Crippen molar-refractivity contribution in [1.82, 2.24) is 15.0 Å². The van der Waals surface area contributed by atoms with Crippen molar-refractivity contribution in [3.05, 3.63) is 78.3 Å². The summed E-state index contributed by atoms with van der Waals surface area (Å²) in [5.74, 6) is -0.658. The van der Waals surface area contributed by atoms with E-state index in [4.69, 9.17) is 0 Å². The number of halogens is 2. The molecule has 0 aliphatic rings. The Morgan fingerprint density at radius 3 is 2.67 bits per heavy atom. The number of anilines is 3. The number of nitrogens with zero attached hydrogens (tertiary/aromatic N) is 2. The molecule has 0 atom stereocenters. The van der Waals surface area contributed by atoms with E-state index in [2.05, 4.69) is 31.7 Å². The number of hydrogen-bond acceptors (Lipinski definition) is 4. The van der Waals surface area contributed by atoms with Crippen LogP contribution in [-0.4, -0.2) is 21.5 Å². The van der Waals surface area contributed by atoms with E-state index in [-0.39, 0.29) is 0 Å². The Morgan fingerprint density at radius 1 is 0.926 bits per heavy atom. The van der Waals surface area contributed by atoms with Gasteiger partial charge in [-0.05, 0) is 30.2 Å². The second-order valence-electron chi connectivity index (χ2n) is 6.08. The zero-order valence-electron chi connectivity index (χ0n) is 14.3. The van der Waals surface area contributed by atoms with Crippen molar-refractivity contribution in [2.75, 3.05) is 17.2 Å². The van der Waals surface area contributed by atoms with Crippen molar-refractivity contribution >= 4 is 28.2 Å². The number of rotatable bonds is 6. The second-order valence-corrected chi connectivity index (χ2v) is 6.08. The zero-order valence-corrected chi connectivity index (χ0v) is 14.3. The molecule has 5 nitrogen and oxygen atoms in total. The van der Waals surface area contributed by atoms with Crippen LogP contribution < -0.4 is 10.6 Å². The predicted octanol–water partition coefficient (Wildman–Crippen LogP) is 4.63. The SMILES string of the molecule is Fc1ccc(Nc2cc(NCCc3c[nH]c4ccccc34)ncn2)cc1F. The van der Waals surface area contributed by atoms with Gasteiger partial charge in [0.15, 0.2) is 11.6 Å². The lowest BCUT2D eigenvalue weighted by Gasteiger charge is -2.09. The lowest BCUT2D eigenvalue weighted by Crippen LogP contribution is -2.07. The third-order valence-electron chi connectivity index (χ3n) is 4.23. The van der Waals surface area contributed by atoms with Crippen LogP contribution in [0.15, 0.2) is 61.1 Å². The molecule has 0 aliphatic heterocycles. The molecule has 2 aromatic carbocycles. The fraction of sp³-hybridized carbons (Fsp3) is 0.100. The first kappa shape index (κ1) is 17.0. The number of aromatic amines is 1. The molecule has 0 fully saturated rings. The minimum Gasteiger partial charge on any atom is -0.370 e. The van der Waals surface area contributed by atoms with Gasteiger partial charge in [-0.15, -0.1) is 0 Å². The van der Waals surface area contributed by atoms with Crippen molar-refractivity contribution < 1.29 is 8.78 Å². The summed E-state index contributed by atoms with van der Waals surface area (Å²) in [6, 6.07) is 13.5. The number of hydrogen-bond donors (Lipinski definition) is 3. The number of H-pyrrole nitrogens is 1. The normalized spacial score (nSPS) is 10.9. The summed E-state index contributed by atoms with van der Waals surface area (Å²) in [5.41, 5.74) is 2.76. The molecule has 0 spiro atoms. The van der Waals surface area contributed by atoms with Gasteiger partial charge in [-0.3, -0.25) is 0 Å². The van der Waals surface area contributed by atoms with Crippen LogP contribution in [0.25, 0.3) is 10.9 Å². The maximum Gasteiger partial charge on any atom is 0.160 e. The van der Waals surface area contributed by atoms with Gasteiger partial charge in [0.1, 0.15) is 18.0 Å². The van der Waals surface area contributed by atoms with E-state index in [0.29, 0.717) is 23.9 Å². The molecular weight excluding hydrogens is 348 g/mol. The molecule has 0 saturated carbocycles. The topological polar surface area (TPSA) is 65.6 Å². The highest BCUT2D eigenvalue weighted by atomic mass is 19.2. The maximum absolute atomic E-state index is 13.3. The fourth-order valence-electron chi connectivity index (χ4n) is 2.91. The largest absolute Gasteiger partial charge is 0.370 e. The summed E-state index contributed by atoms with van der Waals surface area (Å²) in [4.78, 5) is 11.6. The Morgan fingerprint density at radius 2 is 1.78 bits per heavy atom. The fourth-order valence-corrected chi connectivity index (χ4v) is 2.91. The molecular formula is C20H17F2N5. The third kappa shape index (κ3) is 3.87. The average molecular weight is 365 g/mol. The van der Waals surface area contributed by atoms with Crippen LogP contribution in [0.3, 0.4) is 0 Å². The molecule has 0 aliphatic carbocycles. The minimum absolute atomic E-state index is 0.414. The van der Waals surface area contributed by atoms with Crippen molar-refractivity contribution in [1.29, 1.82) is 0 Å². The molecule has 0 bridgehead atoms. The van der Waals surface area contributed by atoms with Gasteiger partial charge in [-0.25, -0.2) is 18.7 Å². The van der Waals surface area contributed by atoms with Crippen LogP contribution >= 0.6 is 0 Å². The standard InChI is InChI=1S/C20H17F2N5/c21-16-6-5-14(9-17(16)22)27-20-10-19(25-12-26-20)23-8-7-13-11-24-18-4-2-1-3-15(13)18/h1-6,9-12,24H,7-8H2,(H2,23,25,26,27). The van der Waals surface area contributed by atoms with Crippen LogP contribution in [0, 0.1) is 11.6 Å². The van der Waals surface area contributed by atoms with Crippen LogP contribution in [-0.2, 0) is 6.42 Å². The van der Waals surface area contributed by atoms with Gasteiger partial charge < -0.3 is 15.6 Å². The Labute approximate surface area is 154 Å². The van der Waals surface area contributed by atoms with Gasteiger partial charge in [0.25, 0.3) is 0 Å². The van der Waals surface area contributed by atoms with Gasteiger partial charge in [-0.2, -0.15) is 0 Å². The summed E-state index contributed by atoms with van der Waals surface area (Å²) in [5, 5.41) is 7.40. The molecule has 27 heavy (non-hydrogen) atoms. The third-order valence-corrected chi connectivity index (χ3v) is 4.23. The summed E-state index contributed by atoms with van der Waals surface area (Å²) >= 11 is 0. The Kier molecular flexibility index (Phi) is 4.65. The number of nitrogens with one attached hydrogen (secondary N) is 3. The molecule has 7 heteroatoms. The highest BCUT2D eigenvalue weighted by Crippen LogP contribution is 2.20. The van der Waals surface area contributed by atoms with E-state index in [0.717, 1.165) is 24.1 Å². The predicted molar refractivity (Wildman–Crippen MR) is 102 cm³/mol. The maximum atomic E-state index is 13.3. The molecule has 0 amide bonds. The van der Waals surface area contributed by atoms with Crippen molar-refractivity contribution in [2.24, 2.45) is 0 Å². The Balaban J connectivity index is 1.39. The summed E-state index contributed by atoms with van der Waals surface area (Å²) in [6.07, 6.45) is 4.26. The van der Waals surface area contributed by atoms with Gasteiger partial charge >= 0.3 is 0 Å². The molecule has 2 aromatic heterocycles. The lowest BCUT2D eigenvalue weighted by atomic mass is 10.1. The van der Waals surface area contributed by atoms with E-state index < -0.39 is 11.6 Å². The van der Waals surface area contributed by atoms with Gasteiger partial charge in [-0.1, -0.05) is 18.2 Å². The van der Waals surface area contributed by atoms with E-state index >= 15 is 0 Å². The summed E-state index contributed by atoms with van der Waals surface area (Å²) in [6.45, 7) is 0.698. The lowest BCUT2D eigenvalue weighted by molar-refractivity contribution is 0.509. The number of fused-ring (bicyclic) bond motifs is 1. The first-order valence-corrected chi connectivity index (χ1v) is 8.52. The molecule has 4 aromatic rings. The molecule has 2 heterocycles. The number of benzene rings is 2. The van der Waals surface area contributed by atoms with Crippen LogP contribution in [0.1, 0.15) is 5.56 Å². The van der Waals surface area contributed by atoms with E-state index in [9.17, 15) is 8.78 Å². The molecule has 3 N–H and O–H groups in total. The van der Waals surface area contributed by atoms with E-state index in [1.807, 2.05) is 24.4 Å². The average Bonchev–Trinajstić information content (AvgIpc) is 3.09. The highest BCUT2D eigenvalue weighted by Gasteiger charge is 2.05. The van der Waals surface area contributed by atoms with Crippen LogP contribution in [0.4, 0.5) is 26.1 Å². The Hall–Kier alpha value is -3.48. The van der Waals surface area contributed by atoms with E-state index in [1.54, 1.807) is 6.07 Å². The molecule has 4 rings (SSSR count). The number of para-hydroxylation sites is 1. The first-order valence-electron chi connectivity index (χ1n) is 8.52. The molecule has 0 unspecified atom stereocenters. The zero-order chi connectivity index (χ0) is 18.6. The van der Waals surface area contributed by atoms with Gasteiger partial charge in [0, 0.05) is 41.5 Å². The quantitative estimate of drug-likeness (QED) is 0.466. The minimum atomic E-state index is -0.911. The van der Waals surface area contributed by atoms with Crippen LogP contribution in [0.5, 0.6) is 0 Å². The van der Waals surface area contributed by atoms with Crippen molar-refractivity contribution in [2.45, 2.75) is 6.42 Å². The van der Waals surface area contributed by atoms with Crippen LogP contribution in [0.2, 0.25) is 0 Å². The van der Waals surface area contributed by atoms with Crippen molar-refractivity contribution in [3.8, 4) is 0 Å². The van der Waals surface area contributed by atoms with Gasteiger partial charge in [0.2, 0.25) is 0 Å². The first-order chi connectivity index (χ1) is 13.2. The summed E-state index contributed by atoms with van der Waals surface area (Å²) < 4.78 is 26.3. The molecule has 0 radical (unpaired) electrons.